The summed E-state index contributed by atoms with van der Waals surface area (Å²) < 4.78 is 4.81. The lowest BCUT2D eigenvalue weighted by molar-refractivity contribution is 1.18. The van der Waals surface area contributed by atoms with Crippen LogP contribution in [0.4, 0.5) is 0 Å². The van der Waals surface area contributed by atoms with Crippen LogP contribution >= 0.6 is 0 Å². The van der Waals surface area contributed by atoms with Gasteiger partial charge in [-0.25, -0.2) is 0 Å². The summed E-state index contributed by atoms with van der Waals surface area (Å²) in [4.78, 5) is 0. The molecule has 0 unspecified atom stereocenters. The van der Waals surface area contributed by atoms with Gasteiger partial charge in [-0.2, -0.15) is 5.26 Å². The van der Waals surface area contributed by atoms with Gasteiger partial charge in [0, 0.05) is 38.5 Å². The molecule has 2 aromatic heterocycles. The molecule has 0 atom stereocenters. The van der Waals surface area contributed by atoms with E-state index in [4.69, 9.17) is 0 Å². The van der Waals surface area contributed by atoms with Crippen molar-refractivity contribution in [1.82, 2.24) is 9.13 Å². The summed E-state index contributed by atoms with van der Waals surface area (Å²) in [6, 6.07) is 60.9. The average Bonchev–Trinajstić information content (AvgIpc) is 3.67. The Bertz CT molecular complexity index is 2950. The van der Waals surface area contributed by atoms with Gasteiger partial charge in [-0.3, -0.25) is 0 Å². The van der Waals surface area contributed by atoms with Crippen LogP contribution in [-0.2, 0) is 0 Å². The Kier molecular flexibility index (Phi) is 5.64. The molecule has 0 radical (unpaired) electrons. The molecule has 0 aliphatic heterocycles. The normalized spacial score (nSPS) is 11.7. The van der Waals surface area contributed by atoms with Gasteiger partial charge < -0.3 is 9.13 Å². The zero-order valence-electron chi connectivity index (χ0n) is 25.9. The second-order valence-electron chi connectivity index (χ2n) is 12.5. The van der Waals surface area contributed by atoms with E-state index in [2.05, 4.69) is 161 Å². The molecule has 0 bridgehead atoms. The summed E-state index contributed by atoms with van der Waals surface area (Å²) in [7, 11) is 0. The fourth-order valence-electron chi connectivity index (χ4n) is 7.77. The van der Waals surface area contributed by atoms with Crippen molar-refractivity contribution in [3.05, 3.63) is 169 Å². The summed E-state index contributed by atoms with van der Waals surface area (Å²) in [5, 5.41) is 19.0. The van der Waals surface area contributed by atoms with Gasteiger partial charge in [0.1, 0.15) is 0 Å². The Balaban J connectivity index is 1.25. The second-order valence-corrected chi connectivity index (χ2v) is 12.5. The summed E-state index contributed by atoms with van der Waals surface area (Å²) in [5.74, 6) is 0. The highest BCUT2D eigenvalue weighted by Gasteiger charge is 2.18. The van der Waals surface area contributed by atoms with Crippen LogP contribution in [0.15, 0.2) is 164 Å². The minimum Gasteiger partial charge on any atom is -0.309 e. The van der Waals surface area contributed by atoms with Crippen LogP contribution in [0.25, 0.3) is 87.7 Å². The minimum absolute atomic E-state index is 0.676. The van der Waals surface area contributed by atoms with E-state index in [1.54, 1.807) is 0 Å². The number of nitrogens with zero attached hydrogens (tertiary/aromatic N) is 3. The lowest BCUT2D eigenvalue weighted by Gasteiger charge is -2.13. The first-order valence-corrected chi connectivity index (χ1v) is 16.2. The van der Waals surface area contributed by atoms with Crippen LogP contribution in [0.1, 0.15) is 5.56 Å². The molecule has 0 aliphatic rings. The highest BCUT2D eigenvalue weighted by molar-refractivity contribution is 6.16. The third-order valence-corrected chi connectivity index (χ3v) is 9.90. The molecule has 0 N–H and O–H groups in total. The molecule has 0 aliphatic carbocycles. The molecule has 10 aromatic rings. The van der Waals surface area contributed by atoms with E-state index < -0.39 is 0 Å². The number of aromatic nitrogens is 2. The SMILES string of the molecule is N#Cc1ccc2ccc3cc(-n4c5ccccc5c5ccc(-c6cccc7c8ccccc8n(-c8ccccc8)c67)cc54)ccc3c2c1. The first-order chi connectivity index (χ1) is 23.8. The quantitative estimate of drug-likeness (QED) is 0.183. The van der Waals surface area contributed by atoms with E-state index in [0.29, 0.717) is 5.56 Å². The number of nitriles is 1. The predicted molar refractivity (Wildman–Crippen MR) is 200 cm³/mol. The third-order valence-electron chi connectivity index (χ3n) is 9.90. The van der Waals surface area contributed by atoms with Gasteiger partial charge in [0.05, 0.1) is 33.7 Å². The van der Waals surface area contributed by atoms with Crippen molar-refractivity contribution >= 4 is 65.2 Å². The molecule has 0 saturated carbocycles. The van der Waals surface area contributed by atoms with Crippen LogP contribution in [0.2, 0.25) is 0 Å². The highest BCUT2D eigenvalue weighted by atomic mass is 15.0. The molecule has 48 heavy (non-hydrogen) atoms. The first kappa shape index (κ1) is 26.6. The predicted octanol–water partition coefficient (Wildman–Crippen LogP) is 11.7. The van der Waals surface area contributed by atoms with Crippen LogP contribution < -0.4 is 0 Å². The highest BCUT2D eigenvalue weighted by Crippen LogP contribution is 2.41. The molecule has 0 saturated heterocycles. The molecule has 0 amide bonds. The maximum atomic E-state index is 9.56. The van der Waals surface area contributed by atoms with Gasteiger partial charge in [0.15, 0.2) is 0 Å². The molecular formula is C45H27N3. The zero-order chi connectivity index (χ0) is 31.8. The third kappa shape index (κ3) is 3.81. The van der Waals surface area contributed by atoms with Gasteiger partial charge in [0.2, 0.25) is 0 Å². The summed E-state index contributed by atoms with van der Waals surface area (Å²) >= 11 is 0. The smallest absolute Gasteiger partial charge is 0.0991 e. The van der Waals surface area contributed by atoms with E-state index in [0.717, 1.165) is 32.9 Å². The van der Waals surface area contributed by atoms with E-state index in [-0.39, 0.29) is 0 Å². The number of para-hydroxylation sites is 4. The number of fused-ring (bicyclic) bond motifs is 9. The van der Waals surface area contributed by atoms with Crippen molar-refractivity contribution in [3.63, 3.8) is 0 Å². The number of rotatable bonds is 3. The Morgan fingerprint density at radius 2 is 1.06 bits per heavy atom. The maximum absolute atomic E-state index is 9.56. The second kappa shape index (κ2) is 10.2. The fourth-order valence-corrected chi connectivity index (χ4v) is 7.77. The van der Waals surface area contributed by atoms with Crippen LogP contribution in [0.5, 0.6) is 0 Å². The molecular weight excluding hydrogens is 583 g/mol. The standard InChI is InChI=1S/C45H27N3/c46-28-29-17-18-30-19-20-31-26-34(22-24-35(31)41(30)25-29)47-42-15-6-4-11-37(42)39-23-21-32(27-44(39)47)36-13-8-14-40-38-12-5-7-16-43(38)48(45(36)40)33-9-2-1-3-10-33/h1-27H. The van der Waals surface area contributed by atoms with Crippen LogP contribution in [0.3, 0.4) is 0 Å². The summed E-state index contributed by atoms with van der Waals surface area (Å²) in [5.41, 5.74) is 10.1. The molecule has 3 heteroatoms. The van der Waals surface area contributed by atoms with Crippen molar-refractivity contribution in [2.75, 3.05) is 0 Å². The maximum Gasteiger partial charge on any atom is 0.0991 e. The fraction of sp³-hybridized carbons (Fsp3) is 0. The van der Waals surface area contributed by atoms with Crippen molar-refractivity contribution in [2.45, 2.75) is 0 Å². The minimum atomic E-state index is 0.676. The first-order valence-electron chi connectivity index (χ1n) is 16.2. The van der Waals surface area contributed by atoms with E-state index >= 15 is 0 Å². The van der Waals surface area contributed by atoms with E-state index in [1.165, 1.54) is 54.7 Å². The molecule has 222 valence electrons. The topological polar surface area (TPSA) is 33.6 Å². The molecule has 0 fully saturated rings. The Hall–Kier alpha value is -6.63. The van der Waals surface area contributed by atoms with Gasteiger partial charge in [0.25, 0.3) is 0 Å². The zero-order valence-corrected chi connectivity index (χ0v) is 25.9. The van der Waals surface area contributed by atoms with Gasteiger partial charge in [-0.15, -0.1) is 0 Å². The Labute approximate surface area is 276 Å². The molecule has 10 rings (SSSR count). The molecule has 8 aromatic carbocycles. The molecule has 3 nitrogen and oxygen atoms in total. The Morgan fingerprint density at radius 1 is 0.396 bits per heavy atom. The van der Waals surface area contributed by atoms with E-state index in [9.17, 15) is 5.26 Å². The summed E-state index contributed by atoms with van der Waals surface area (Å²) in [6.45, 7) is 0. The number of benzene rings is 8. The number of hydrogen-bond acceptors (Lipinski definition) is 1. The molecule has 2 heterocycles. The van der Waals surface area contributed by atoms with Crippen molar-refractivity contribution < 1.29 is 0 Å². The lowest BCUT2D eigenvalue weighted by Crippen LogP contribution is -1.96. The van der Waals surface area contributed by atoms with Crippen molar-refractivity contribution in [1.29, 1.82) is 5.26 Å². The lowest BCUT2D eigenvalue weighted by atomic mass is 9.99. The van der Waals surface area contributed by atoms with Gasteiger partial charge >= 0.3 is 0 Å². The van der Waals surface area contributed by atoms with Crippen molar-refractivity contribution in [2.24, 2.45) is 0 Å². The van der Waals surface area contributed by atoms with Gasteiger partial charge in [-0.1, -0.05) is 109 Å². The van der Waals surface area contributed by atoms with Gasteiger partial charge in [-0.05, 0) is 81.7 Å². The van der Waals surface area contributed by atoms with Crippen molar-refractivity contribution in [3.8, 4) is 28.6 Å². The van der Waals surface area contributed by atoms with E-state index in [1.807, 2.05) is 18.2 Å². The number of hydrogen-bond donors (Lipinski definition) is 0. The Morgan fingerprint density at radius 3 is 1.90 bits per heavy atom. The van der Waals surface area contributed by atoms with Crippen LogP contribution in [-0.4, -0.2) is 9.13 Å². The largest absolute Gasteiger partial charge is 0.309 e. The molecule has 0 spiro atoms. The summed E-state index contributed by atoms with van der Waals surface area (Å²) in [6.07, 6.45) is 0. The van der Waals surface area contributed by atoms with Crippen LogP contribution in [0, 0.1) is 11.3 Å². The monoisotopic (exact) mass is 609 g/mol. The average molecular weight is 610 g/mol.